The van der Waals surface area contributed by atoms with Crippen LogP contribution < -0.4 is 4.74 Å². The molecule has 0 bridgehead atoms. The molecule has 0 aliphatic carbocycles. The van der Waals surface area contributed by atoms with Crippen LogP contribution in [0.3, 0.4) is 0 Å². The molecule has 0 radical (unpaired) electrons. The van der Waals surface area contributed by atoms with E-state index in [4.69, 9.17) is 9.47 Å². The van der Waals surface area contributed by atoms with Gasteiger partial charge in [-0.2, -0.15) is 0 Å². The van der Waals surface area contributed by atoms with E-state index in [1.165, 1.54) is 7.11 Å². The number of esters is 1. The number of piperidine rings is 1. The minimum atomic E-state index is -1.30. The number of nitrogens with zero attached hydrogens (tertiary/aromatic N) is 3. The molecular formula is C29H28F3N3O4. The summed E-state index contributed by atoms with van der Waals surface area (Å²) in [6.45, 7) is 1.15. The zero-order valence-electron chi connectivity index (χ0n) is 21.6. The molecule has 2 aromatic carbocycles. The van der Waals surface area contributed by atoms with Crippen molar-refractivity contribution < 1.29 is 32.6 Å². The lowest BCUT2D eigenvalue weighted by Gasteiger charge is -2.36. The van der Waals surface area contributed by atoms with Gasteiger partial charge in [-0.1, -0.05) is 17.0 Å². The van der Waals surface area contributed by atoms with Gasteiger partial charge in [0.2, 0.25) is 0 Å². The van der Waals surface area contributed by atoms with Crippen LogP contribution in [0, 0.1) is 41.1 Å². The van der Waals surface area contributed by atoms with Gasteiger partial charge in [-0.3, -0.25) is 14.7 Å². The zero-order chi connectivity index (χ0) is 27.9. The van der Waals surface area contributed by atoms with Gasteiger partial charge < -0.3 is 14.7 Å². The van der Waals surface area contributed by atoms with Crippen LogP contribution in [0.2, 0.25) is 0 Å². The van der Waals surface area contributed by atoms with Crippen LogP contribution in [0.4, 0.5) is 13.2 Å². The summed E-state index contributed by atoms with van der Waals surface area (Å²) in [4.78, 5) is 18.9. The first kappa shape index (κ1) is 27.9. The molecule has 1 aliphatic heterocycles. The Morgan fingerprint density at radius 1 is 1.21 bits per heavy atom. The van der Waals surface area contributed by atoms with Crippen LogP contribution in [0.15, 0.2) is 47.8 Å². The van der Waals surface area contributed by atoms with Crippen LogP contribution in [0.5, 0.6) is 5.75 Å². The Balaban J connectivity index is 1.45. The van der Waals surface area contributed by atoms with Crippen LogP contribution in [-0.4, -0.2) is 60.6 Å². The van der Waals surface area contributed by atoms with Gasteiger partial charge in [0.15, 0.2) is 11.6 Å². The average Bonchev–Trinajstić information content (AvgIpc) is 2.95. The second-order valence-electron chi connectivity index (χ2n) is 9.29. The predicted octanol–water partition coefficient (Wildman–Crippen LogP) is 4.78. The molecule has 3 aromatic rings. The second kappa shape index (κ2) is 12.6. The summed E-state index contributed by atoms with van der Waals surface area (Å²) in [5.74, 6) is 1.62. The van der Waals surface area contributed by atoms with E-state index < -0.39 is 23.4 Å². The van der Waals surface area contributed by atoms with Crippen LogP contribution in [-0.2, 0) is 9.53 Å². The summed E-state index contributed by atoms with van der Waals surface area (Å²) < 4.78 is 51.1. The van der Waals surface area contributed by atoms with Gasteiger partial charge in [-0.05, 0) is 62.1 Å². The number of carbonyl (C=O) groups excluding carboxylic acids is 1. The van der Waals surface area contributed by atoms with E-state index in [0.717, 1.165) is 22.5 Å². The Hall–Kier alpha value is -4.10. The third-order valence-electron chi connectivity index (χ3n) is 6.99. The lowest BCUT2D eigenvalue weighted by atomic mass is 9.81. The molecule has 1 fully saturated rings. The SMILES string of the molecule is COC(=O)[C@H]1CN(CC#Cc2cc(F)cc(F)c2F)CC[C@H]1CC/C(=N/O)c1ccnc2ccc(OC)cc12. The summed E-state index contributed by atoms with van der Waals surface area (Å²) in [6, 6.07) is 8.57. The average molecular weight is 540 g/mol. The summed E-state index contributed by atoms with van der Waals surface area (Å²) >= 11 is 0. The number of carbonyl (C=O) groups is 1. The van der Waals surface area contributed by atoms with Gasteiger partial charge in [-0.15, -0.1) is 0 Å². The van der Waals surface area contributed by atoms with E-state index in [1.54, 1.807) is 25.4 Å². The van der Waals surface area contributed by atoms with Crippen molar-refractivity contribution in [2.45, 2.75) is 19.3 Å². The quantitative estimate of drug-likeness (QED) is 0.116. The molecule has 10 heteroatoms. The van der Waals surface area contributed by atoms with Crippen LogP contribution >= 0.6 is 0 Å². The van der Waals surface area contributed by atoms with Gasteiger partial charge in [0.05, 0.1) is 43.5 Å². The monoisotopic (exact) mass is 539 g/mol. The fourth-order valence-electron chi connectivity index (χ4n) is 4.93. The summed E-state index contributed by atoms with van der Waals surface area (Å²) in [6.07, 6.45) is 3.28. The van der Waals surface area contributed by atoms with E-state index in [-0.39, 0.29) is 24.0 Å². The normalized spacial score (nSPS) is 17.9. The molecule has 0 unspecified atom stereocenters. The van der Waals surface area contributed by atoms with Gasteiger partial charge in [0, 0.05) is 29.8 Å². The number of pyridine rings is 1. The lowest BCUT2D eigenvalue weighted by molar-refractivity contribution is -0.149. The number of oxime groups is 1. The number of rotatable bonds is 7. The Labute approximate surface area is 224 Å². The Kier molecular flexibility index (Phi) is 9.04. The highest BCUT2D eigenvalue weighted by atomic mass is 19.2. The van der Waals surface area contributed by atoms with E-state index in [2.05, 4.69) is 22.0 Å². The minimum absolute atomic E-state index is 0.0455. The molecule has 1 aliphatic rings. The standard InChI is InChI=1S/C29H28F3N3O4/c1-38-21-6-8-26-23(16-21)22(9-11-33-26)27(34-37)7-5-18-10-13-35(17-24(18)29(36)39-2)12-3-4-19-14-20(30)15-25(31)28(19)32/h6,8-9,11,14-16,18,24,37H,5,7,10,12-13,17H2,1-2H3/b34-27-/t18-,24+/m1/s1. The molecule has 1 saturated heterocycles. The molecule has 1 N–H and O–H groups in total. The maximum atomic E-state index is 13.9. The Morgan fingerprint density at radius 2 is 2.03 bits per heavy atom. The fraction of sp³-hybridized carbons (Fsp3) is 0.345. The minimum Gasteiger partial charge on any atom is -0.497 e. The van der Waals surface area contributed by atoms with Crippen molar-refractivity contribution in [2.75, 3.05) is 33.9 Å². The fourth-order valence-corrected chi connectivity index (χ4v) is 4.93. The maximum absolute atomic E-state index is 13.9. The zero-order valence-corrected chi connectivity index (χ0v) is 21.6. The van der Waals surface area contributed by atoms with Crippen molar-refractivity contribution in [1.29, 1.82) is 0 Å². The largest absolute Gasteiger partial charge is 0.497 e. The first-order valence-corrected chi connectivity index (χ1v) is 12.4. The van der Waals surface area contributed by atoms with E-state index in [1.807, 2.05) is 17.0 Å². The highest BCUT2D eigenvalue weighted by Crippen LogP contribution is 2.31. The van der Waals surface area contributed by atoms with Crippen molar-refractivity contribution in [3.63, 3.8) is 0 Å². The molecule has 4 rings (SSSR count). The third kappa shape index (κ3) is 6.49. The number of hydrogen-bond acceptors (Lipinski definition) is 7. The van der Waals surface area contributed by atoms with E-state index >= 15 is 0 Å². The third-order valence-corrected chi connectivity index (χ3v) is 6.99. The smallest absolute Gasteiger partial charge is 0.310 e. The van der Waals surface area contributed by atoms with Gasteiger partial charge in [0.1, 0.15) is 11.6 Å². The van der Waals surface area contributed by atoms with E-state index in [0.29, 0.717) is 49.9 Å². The molecule has 2 heterocycles. The number of fused-ring (bicyclic) bond motifs is 1. The first-order chi connectivity index (χ1) is 18.8. The highest BCUT2D eigenvalue weighted by molar-refractivity contribution is 6.10. The molecule has 0 spiro atoms. The number of likely N-dealkylation sites (tertiary alicyclic amines) is 1. The molecule has 2 atom stereocenters. The van der Waals surface area contributed by atoms with Crippen molar-refractivity contribution in [3.8, 4) is 17.6 Å². The number of ether oxygens (including phenoxy) is 2. The Morgan fingerprint density at radius 3 is 2.77 bits per heavy atom. The van der Waals surface area contributed by atoms with E-state index in [9.17, 15) is 23.2 Å². The van der Waals surface area contributed by atoms with Crippen molar-refractivity contribution >= 4 is 22.6 Å². The molecule has 0 amide bonds. The molecule has 7 nitrogen and oxygen atoms in total. The van der Waals surface area contributed by atoms with Crippen LogP contribution in [0.1, 0.15) is 30.4 Å². The summed E-state index contributed by atoms with van der Waals surface area (Å²) in [5.41, 5.74) is 1.57. The highest BCUT2D eigenvalue weighted by Gasteiger charge is 2.35. The Bertz CT molecular complexity index is 1450. The molecule has 39 heavy (non-hydrogen) atoms. The number of benzene rings is 2. The predicted molar refractivity (Wildman–Crippen MR) is 139 cm³/mol. The number of hydrogen-bond donors (Lipinski definition) is 1. The number of methoxy groups -OCH3 is 2. The van der Waals surface area contributed by atoms with Crippen molar-refractivity contribution in [3.05, 3.63) is 71.2 Å². The number of halogens is 3. The van der Waals surface area contributed by atoms with Crippen molar-refractivity contribution in [1.82, 2.24) is 9.88 Å². The van der Waals surface area contributed by atoms with Gasteiger partial charge >= 0.3 is 5.97 Å². The lowest BCUT2D eigenvalue weighted by Crippen LogP contribution is -2.44. The second-order valence-corrected chi connectivity index (χ2v) is 9.29. The molecular weight excluding hydrogens is 511 g/mol. The number of aromatic nitrogens is 1. The molecule has 0 saturated carbocycles. The molecule has 204 valence electrons. The van der Waals surface area contributed by atoms with Gasteiger partial charge in [-0.25, -0.2) is 13.2 Å². The first-order valence-electron chi connectivity index (χ1n) is 12.4. The summed E-state index contributed by atoms with van der Waals surface area (Å²) in [5, 5.41) is 14.2. The molecule has 1 aromatic heterocycles. The van der Waals surface area contributed by atoms with Crippen LogP contribution in [0.25, 0.3) is 10.9 Å². The van der Waals surface area contributed by atoms with Crippen molar-refractivity contribution in [2.24, 2.45) is 17.0 Å². The maximum Gasteiger partial charge on any atom is 0.310 e. The van der Waals surface area contributed by atoms with Gasteiger partial charge in [0.25, 0.3) is 0 Å². The summed E-state index contributed by atoms with van der Waals surface area (Å²) in [7, 11) is 2.90. The topological polar surface area (TPSA) is 84.2 Å².